The molecule has 0 spiro atoms. The highest BCUT2D eigenvalue weighted by molar-refractivity contribution is 6.03. The molecule has 0 aromatic heterocycles. The predicted octanol–water partition coefficient (Wildman–Crippen LogP) is 1.74. The van der Waals surface area contributed by atoms with Crippen LogP contribution in [0.5, 0.6) is 0 Å². The number of carbonyl (C=O) groups is 2. The van der Waals surface area contributed by atoms with Crippen LogP contribution in [0.4, 0.5) is 23.2 Å². The molecule has 0 heterocycles. The molecule has 0 aliphatic heterocycles. The van der Waals surface area contributed by atoms with E-state index in [2.05, 4.69) is 0 Å². The second-order valence-corrected chi connectivity index (χ2v) is 4.15. The third-order valence-corrected chi connectivity index (χ3v) is 2.52. The topological polar surface area (TPSA) is 92.4 Å². The third kappa shape index (κ3) is 3.05. The Labute approximate surface area is 110 Å². The third-order valence-electron chi connectivity index (χ3n) is 2.52. The van der Waals surface area contributed by atoms with E-state index in [-0.39, 0.29) is 0 Å². The van der Waals surface area contributed by atoms with Crippen LogP contribution in [0.1, 0.15) is 17.3 Å². The molecule has 0 aliphatic rings. The molecule has 1 amide bonds. The Morgan fingerprint density at radius 3 is 2.30 bits per heavy atom. The number of halogens is 4. The molecular formula is C11H10F4N2O3. The van der Waals surface area contributed by atoms with Gasteiger partial charge in [0, 0.05) is 0 Å². The SMILES string of the molecule is CC(N)(C(=O)Nc1cc(F)ccc1C(=O)O)C(F)(F)F. The van der Waals surface area contributed by atoms with Crippen molar-refractivity contribution < 1.29 is 32.3 Å². The van der Waals surface area contributed by atoms with E-state index < -0.39 is 40.7 Å². The van der Waals surface area contributed by atoms with E-state index in [4.69, 9.17) is 10.8 Å². The van der Waals surface area contributed by atoms with Gasteiger partial charge < -0.3 is 16.2 Å². The molecule has 1 rings (SSSR count). The maximum Gasteiger partial charge on any atom is 0.415 e. The van der Waals surface area contributed by atoms with Crippen molar-refractivity contribution in [1.82, 2.24) is 0 Å². The number of nitrogens with one attached hydrogen (secondary N) is 1. The molecule has 9 heteroatoms. The highest BCUT2D eigenvalue weighted by atomic mass is 19.4. The Hall–Kier alpha value is -2.16. The molecule has 0 saturated heterocycles. The molecule has 110 valence electrons. The van der Waals surface area contributed by atoms with Crippen molar-refractivity contribution in [3.63, 3.8) is 0 Å². The number of nitrogens with two attached hydrogens (primary N) is 1. The number of hydrogen-bond donors (Lipinski definition) is 3. The number of anilines is 1. The second kappa shape index (κ2) is 5.08. The lowest BCUT2D eigenvalue weighted by atomic mass is 10.0. The highest BCUT2D eigenvalue weighted by Gasteiger charge is 2.54. The van der Waals surface area contributed by atoms with Crippen LogP contribution in [0.3, 0.4) is 0 Å². The summed E-state index contributed by atoms with van der Waals surface area (Å²) in [6.07, 6.45) is -5.05. The second-order valence-electron chi connectivity index (χ2n) is 4.15. The minimum absolute atomic E-state index is 0.419. The van der Waals surface area contributed by atoms with Crippen LogP contribution >= 0.6 is 0 Å². The number of aromatic carboxylic acids is 1. The fraction of sp³-hybridized carbons (Fsp3) is 0.273. The van der Waals surface area contributed by atoms with Gasteiger partial charge in [-0.1, -0.05) is 0 Å². The molecule has 1 atom stereocenters. The van der Waals surface area contributed by atoms with Gasteiger partial charge in [0.05, 0.1) is 11.3 Å². The molecule has 1 unspecified atom stereocenters. The van der Waals surface area contributed by atoms with Crippen LogP contribution in [0, 0.1) is 5.82 Å². The summed E-state index contributed by atoms with van der Waals surface area (Å²) >= 11 is 0. The Bertz CT molecular complexity index is 555. The summed E-state index contributed by atoms with van der Waals surface area (Å²) in [5.41, 5.74) is 0.465. The molecule has 0 aliphatic carbocycles. The van der Waals surface area contributed by atoms with E-state index in [1.165, 1.54) is 0 Å². The zero-order valence-corrected chi connectivity index (χ0v) is 10.1. The summed E-state index contributed by atoms with van der Waals surface area (Å²) < 4.78 is 50.6. The first-order valence-electron chi connectivity index (χ1n) is 5.16. The lowest BCUT2D eigenvalue weighted by Crippen LogP contribution is -2.59. The van der Waals surface area contributed by atoms with Gasteiger partial charge in [0.2, 0.25) is 0 Å². The van der Waals surface area contributed by atoms with Crippen molar-refractivity contribution in [2.45, 2.75) is 18.6 Å². The number of hydrogen-bond acceptors (Lipinski definition) is 3. The zero-order valence-electron chi connectivity index (χ0n) is 10.1. The molecule has 1 aromatic carbocycles. The molecule has 0 radical (unpaired) electrons. The van der Waals surface area contributed by atoms with Gasteiger partial charge in [-0.2, -0.15) is 13.2 Å². The van der Waals surface area contributed by atoms with E-state index in [0.717, 1.165) is 12.1 Å². The molecule has 0 saturated carbocycles. The fourth-order valence-corrected chi connectivity index (χ4v) is 1.19. The van der Waals surface area contributed by atoms with Gasteiger partial charge in [0.25, 0.3) is 5.91 Å². The number of amides is 1. The van der Waals surface area contributed by atoms with Gasteiger partial charge in [0.15, 0.2) is 5.54 Å². The smallest absolute Gasteiger partial charge is 0.415 e. The van der Waals surface area contributed by atoms with Gasteiger partial charge in [-0.3, -0.25) is 4.79 Å². The summed E-state index contributed by atoms with van der Waals surface area (Å²) in [5.74, 6) is -4.15. The lowest BCUT2D eigenvalue weighted by Gasteiger charge is -2.26. The van der Waals surface area contributed by atoms with Crippen LogP contribution in [-0.4, -0.2) is 28.7 Å². The van der Waals surface area contributed by atoms with Gasteiger partial charge in [-0.15, -0.1) is 0 Å². The normalized spacial score (nSPS) is 14.5. The van der Waals surface area contributed by atoms with Crippen molar-refractivity contribution in [2.75, 3.05) is 5.32 Å². The van der Waals surface area contributed by atoms with Crippen molar-refractivity contribution in [1.29, 1.82) is 0 Å². The average Bonchev–Trinajstić information content (AvgIpc) is 2.26. The number of rotatable bonds is 3. The summed E-state index contributed by atoms with van der Waals surface area (Å²) in [4.78, 5) is 22.3. The summed E-state index contributed by atoms with van der Waals surface area (Å²) in [5, 5.41) is 10.5. The van der Waals surface area contributed by atoms with Crippen LogP contribution in [0.15, 0.2) is 18.2 Å². The Kier molecular flexibility index (Phi) is 4.04. The van der Waals surface area contributed by atoms with Crippen LogP contribution < -0.4 is 11.1 Å². The number of alkyl halides is 3. The molecule has 20 heavy (non-hydrogen) atoms. The minimum atomic E-state index is -5.05. The van der Waals surface area contributed by atoms with Gasteiger partial charge in [-0.25, -0.2) is 9.18 Å². The highest BCUT2D eigenvalue weighted by Crippen LogP contribution is 2.29. The summed E-state index contributed by atoms with van der Waals surface area (Å²) in [6.45, 7) is 0.419. The van der Waals surface area contributed by atoms with Crippen molar-refractivity contribution in [3.05, 3.63) is 29.6 Å². The first-order chi connectivity index (χ1) is 8.96. The largest absolute Gasteiger partial charge is 0.478 e. The van der Waals surface area contributed by atoms with Crippen LogP contribution in [0.2, 0.25) is 0 Å². The first kappa shape index (κ1) is 15.9. The van der Waals surface area contributed by atoms with E-state index in [1.54, 1.807) is 5.32 Å². The lowest BCUT2D eigenvalue weighted by molar-refractivity contribution is -0.184. The van der Waals surface area contributed by atoms with Crippen LogP contribution in [-0.2, 0) is 4.79 Å². The molecular weight excluding hydrogens is 284 g/mol. The van der Waals surface area contributed by atoms with E-state index in [0.29, 0.717) is 13.0 Å². The van der Waals surface area contributed by atoms with Gasteiger partial charge in [-0.05, 0) is 25.1 Å². The van der Waals surface area contributed by atoms with Crippen molar-refractivity contribution in [3.8, 4) is 0 Å². The van der Waals surface area contributed by atoms with Crippen molar-refractivity contribution >= 4 is 17.6 Å². The maximum atomic E-state index is 13.0. The van der Waals surface area contributed by atoms with E-state index >= 15 is 0 Å². The monoisotopic (exact) mass is 294 g/mol. The zero-order chi connectivity index (χ0) is 15.7. The number of carboxylic acids is 1. The molecule has 4 N–H and O–H groups in total. The molecule has 0 fully saturated rings. The van der Waals surface area contributed by atoms with Crippen LogP contribution in [0.25, 0.3) is 0 Å². The summed E-state index contributed by atoms with van der Waals surface area (Å²) in [6, 6.07) is 2.20. The van der Waals surface area contributed by atoms with Gasteiger partial charge in [0.1, 0.15) is 5.82 Å². The van der Waals surface area contributed by atoms with E-state index in [9.17, 15) is 27.2 Å². The molecule has 0 bridgehead atoms. The average molecular weight is 294 g/mol. The number of benzene rings is 1. The maximum absolute atomic E-state index is 13.0. The molecule has 5 nitrogen and oxygen atoms in total. The number of carbonyl (C=O) groups excluding carboxylic acids is 1. The predicted molar refractivity (Wildman–Crippen MR) is 60.6 cm³/mol. The van der Waals surface area contributed by atoms with E-state index in [1.807, 2.05) is 0 Å². The first-order valence-corrected chi connectivity index (χ1v) is 5.16. The standard InChI is InChI=1S/C11H10F4N2O3/c1-10(16,11(13,14)15)9(20)17-7-4-5(12)2-3-6(7)8(18)19/h2-4H,16H2,1H3,(H,17,20)(H,18,19). The summed E-state index contributed by atoms with van der Waals surface area (Å²) in [7, 11) is 0. The van der Waals surface area contributed by atoms with Crippen molar-refractivity contribution in [2.24, 2.45) is 5.73 Å². The Balaban J connectivity index is 3.14. The minimum Gasteiger partial charge on any atom is -0.478 e. The fourth-order valence-electron chi connectivity index (χ4n) is 1.19. The molecule has 1 aromatic rings. The Morgan fingerprint density at radius 1 is 1.30 bits per heavy atom. The number of carboxylic acid groups (broad SMARTS) is 1. The Morgan fingerprint density at radius 2 is 1.85 bits per heavy atom. The quantitative estimate of drug-likeness (QED) is 0.740. The van der Waals surface area contributed by atoms with Gasteiger partial charge >= 0.3 is 12.1 Å².